The second-order valence-electron chi connectivity index (χ2n) is 4.21. The third-order valence-electron chi connectivity index (χ3n) is 3.00. The van der Waals surface area contributed by atoms with Gasteiger partial charge in [-0.15, -0.1) is 0 Å². The Hall–Kier alpha value is -1.81. The molecule has 0 bridgehead atoms. The Labute approximate surface area is 118 Å². The van der Waals surface area contributed by atoms with Crippen molar-refractivity contribution in [1.82, 2.24) is 9.97 Å². The van der Waals surface area contributed by atoms with Gasteiger partial charge in [-0.05, 0) is 25.0 Å². The summed E-state index contributed by atoms with van der Waals surface area (Å²) in [5.41, 5.74) is 3.02. The second kappa shape index (κ2) is 5.89. The number of nitrogens with zero attached hydrogens (tertiary/aromatic N) is 2. The predicted molar refractivity (Wildman–Crippen MR) is 80.4 cm³/mol. The number of halogens is 1. The lowest BCUT2D eigenvalue weighted by Crippen LogP contribution is -2.05. The Morgan fingerprint density at radius 2 is 1.95 bits per heavy atom. The van der Waals surface area contributed by atoms with Gasteiger partial charge >= 0.3 is 0 Å². The molecule has 2 N–H and O–H groups in total. The molecule has 5 heteroatoms. The first kappa shape index (κ1) is 13.6. The maximum atomic E-state index is 6.23. The molecule has 0 spiro atoms. The molecular weight excluding hydrogens is 260 g/mol. The number of hydrogen-bond acceptors (Lipinski definition) is 4. The molecule has 100 valence electrons. The largest absolute Gasteiger partial charge is 0.373 e. The summed E-state index contributed by atoms with van der Waals surface area (Å²) in [6, 6.07) is 5.81. The standard InChI is InChI=1S/C14H17ClN4/c1-4-10-13(16-3)17-8-18-14(10)19-12-9(2)6-5-7-11(12)15/h5-8H,4H2,1-3H3,(H2,16,17,18,19). The van der Waals surface area contributed by atoms with Crippen LogP contribution in [0.2, 0.25) is 5.02 Å². The molecule has 0 atom stereocenters. The predicted octanol–water partition coefficient (Wildman–Crippen LogP) is 3.79. The van der Waals surface area contributed by atoms with Gasteiger partial charge in [0.25, 0.3) is 0 Å². The van der Waals surface area contributed by atoms with E-state index < -0.39 is 0 Å². The van der Waals surface area contributed by atoms with E-state index in [9.17, 15) is 0 Å². The van der Waals surface area contributed by atoms with Gasteiger partial charge in [0.1, 0.15) is 18.0 Å². The number of benzene rings is 1. The Kier molecular flexibility index (Phi) is 4.22. The molecule has 2 rings (SSSR count). The lowest BCUT2D eigenvalue weighted by molar-refractivity contribution is 1.05. The molecule has 1 aromatic heterocycles. The number of aryl methyl sites for hydroxylation is 1. The summed E-state index contributed by atoms with van der Waals surface area (Å²) in [5, 5.41) is 7.08. The number of rotatable bonds is 4. The van der Waals surface area contributed by atoms with Crippen molar-refractivity contribution in [3.8, 4) is 0 Å². The van der Waals surface area contributed by atoms with E-state index >= 15 is 0 Å². The molecule has 19 heavy (non-hydrogen) atoms. The van der Waals surface area contributed by atoms with E-state index in [1.807, 2.05) is 32.2 Å². The number of para-hydroxylation sites is 1. The van der Waals surface area contributed by atoms with E-state index in [0.717, 1.165) is 34.9 Å². The van der Waals surface area contributed by atoms with Crippen molar-refractivity contribution >= 4 is 28.9 Å². The Morgan fingerprint density at radius 3 is 2.58 bits per heavy atom. The van der Waals surface area contributed by atoms with E-state index in [0.29, 0.717) is 5.02 Å². The van der Waals surface area contributed by atoms with Crippen molar-refractivity contribution in [1.29, 1.82) is 0 Å². The molecule has 0 aliphatic carbocycles. The lowest BCUT2D eigenvalue weighted by Gasteiger charge is -2.15. The van der Waals surface area contributed by atoms with Gasteiger partial charge in [0.15, 0.2) is 0 Å². The van der Waals surface area contributed by atoms with Gasteiger partial charge in [0, 0.05) is 12.6 Å². The fraction of sp³-hybridized carbons (Fsp3) is 0.286. The third kappa shape index (κ3) is 2.79. The van der Waals surface area contributed by atoms with E-state index in [1.54, 1.807) is 6.33 Å². The molecule has 0 fully saturated rings. The van der Waals surface area contributed by atoms with Gasteiger partial charge in [0.05, 0.1) is 10.7 Å². The molecule has 2 aromatic rings. The summed E-state index contributed by atoms with van der Waals surface area (Å²) in [7, 11) is 1.85. The van der Waals surface area contributed by atoms with E-state index in [2.05, 4.69) is 27.5 Å². The fourth-order valence-corrected chi connectivity index (χ4v) is 2.25. The fourth-order valence-electron chi connectivity index (χ4n) is 1.98. The Balaban J connectivity index is 2.44. The highest BCUT2D eigenvalue weighted by atomic mass is 35.5. The second-order valence-corrected chi connectivity index (χ2v) is 4.62. The van der Waals surface area contributed by atoms with Crippen LogP contribution in [0.3, 0.4) is 0 Å². The van der Waals surface area contributed by atoms with Crippen molar-refractivity contribution in [3.63, 3.8) is 0 Å². The van der Waals surface area contributed by atoms with Crippen molar-refractivity contribution in [2.24, 2.45) is 0 Å². The van der Waals surface area contributed by atoms with Crippen molar-refractivity contribution < 1.29 is 0 Å². The molecule has 0 unspecified atom stereocenters. The van der Waals surface area contributed by atoms with Gasteiger partial charge in [0.2, 0.25) is 0 Å². The summed E-state index contributed by atoms with van der Waals surface area (Å²) in [6.45, 7) is 4.09. The van der Waals surface area contributed by atoms with Crippen LogP contribution in [0.1, 0.15) is 18.1 Å². The zero-order valence-electron chi connectivity index (χ0n) is 11.3. The highest BCUT2D eigenvalue weighted by molar-refractivity contribution is 6.33. The molecule has 0 saturated carbocycles. The monoisotopic (exact) mass is 276 g/mol. The smallest absolute Gasteiger partial charge is 0.139 e. The summed E-state index contributed by atoms with van der Waals surface area (Å²) in [4.78, 5) is 8.53. The highest BCUT2D eigenvalue weighted by Gasteiger charge is 2.11. The lowest BCUT2D eigenvalue weighted by atomic mass is 10.1. The first-order valence-electron chi connectivity index (χ1n) is 6.21. The minimum Gasteiger partial charge on any atom is -0.373 e. The van der Waals surface area contributed by atoms with Crippen molar-refractivity contribution in [2.75, 3.05) is 17.7 Å². The first-order valence-corrected chi connectivity index (χ1v) is 6.59. The minimum atomic E-state index is 0.687. The maximum Gasteiger partial charge on any atom is 0.139 e. The summed E-state index contributed by atoms with van der Waals surface area (Å²) in [6.07, 6.45) is 2.38. The van der Waals surface area contributed by atoms with Crippen LogP contribution in [0, 0.1) is 6.92 Å². The number of anilines is 3. The summed E-state index contributed by atoms with van der Waals surface area (Å²) < 4.78 is 0. The van der Waals surface area contributed by atoms with Crippen LogP contribution in [0.5, 0.6) is 0 Å². The van der Waals surface area contributed by atoms with Crippen LogP contribution in [0.15, 0.2) is 24.5 Å². The molecule has 0 radical (unpaired) electrons. The van der Waals surface area contributed by atoms with Crippen molar-refractivity contribution in [3.05, 3.63) is 40.7 Å². The zero-order chi connectivity index (χ0) is 13.8. The van der Waals surface area contributed by atoms with Crippen molar-refractivity contribution in [2.45, 2.75) is 20.3 Å². The first-order chi connectivity index (χ1) is 9.17. The van der Waals surface area contributed by atoms with E-state index in [4.69, 9.17) is 11.6 Å². The number of nitrogens with one attached hydrogen (secondary N) is 2. The molecule has 0 aliphatic heterocycles. The molecule has 0 aliphatic rings. The van der Waals surface area contributed by atoms with Crippen LogP contribution >= 0.6 is 11.6 Å². The number of hydrogen-bond donors (Lipinski definition) is 2. The minimum absolute atomic E-state index is 0.687. The quantitative estimate of drug-likeness (QED) is 0.892. The topological polar surface area (TPSA) is 49.8 Å². The molecule has 0 amide bonds. The molecule has 1 heterocycles. The SMILES string of the molecule is CCc1c(NC)ncnc1Nc1c(C)cccc1Cl. The molecular formula is C14H17ClN4. The molecule has 1 aromatic carbocycles. The average Bonchev–Trinajstić information content (AvgIpc) is 2.42. The highest BCUT2D eigenvalue weighted by Crippen LogP contribution is 2.30. The summed E-state index contributed by atoms with van der Waals surface area (Å²) in [5.74, 6) is 1.63. The molecule has 0 saturated heterocycles. The van der Waals surface area contributed by atoms with Gasteiger partial charge in [-0.1, -0.05) is 30.7 Å². The summed E-state index contributed by atoms with van der Waals surface area (Å²) >= 11 is 6.23. The Morgan fingerprint density at radius 1 is 1.21 bits per heavy atom. The van der Waals surface area contributed by atoms with Crippen LogP contribution in [-0.2, 0) is 6.42 Å². The van der Waals surface area contributed by atoms with Gasteiger partial charge in [-0.2, -0.15) is 0 Å². The maximum absolute atomic E-state index is 6.23. The van der Waals surface area contributed by atoms with Gasteiger partial charge in [-0.3, -0.25) is 0 Å². The van der Waals surface area contributed by atoms with E-state index in [1.165, 1.54) is 0 Å². The molecule has 4 nitrogen and oxygen atoms in total. The zero-order valence-corrected chi connectivity index (χ0v) is 12.0. The van der Waals surface area contributed by atoms with Crippen LogP contribution in [-0.4, -0.2) is 17.0 Å². The third-order valence-corrected chi connectivity index (χ3v) is 3.32. The normalized spacial score (nSPS) is 10.3. The van der Waals surface area contributed by atoms with Gasteiger partial charge < -0.3 is 10.6 Å². The van der Waals surface area contributed by atoms with Crippen LogP contribution in [0.25, 0.3) is 0 Å². The van der Waals surface area contributed by atoms with Crippen LogP contribution < -0.4 is 10.6 Å². The average molecular weight is 277 g/mol. The van der Waals surface area contributed by atoms with Gasteiger partial charge in [-0.25, -0.2) is 9.97 Å². The van der Waals surface area contributed by atoms with Crippen LogP contribution in [0.4, 0.5) is 17.3 Å². The van der Waals surface area contributed by atoms with E-state index in [-0.39, 0.29) is 0 Å². The number of aromatic nitrogens is 2. The Bertz CT molecular complexity index is 563.